The van der Waals surface area contributed by atoms with Crippen LogP contribution in [0.5, 0.6) is 11.5 Å². The normalized spacial score (nSPS) is 23.1. The third kappa shape index (κ3) is 4.19. The number of amides is 2. The minimum Gasteiger partial charge on any atom is -0.485 e. The van der Waals surface area contributed by atoms with Gasteiger partial charge >= 0.3 is 0 Å². The molecule has 168 valence electrons. The standard InChI is InChI=1S/C23H27N5O4/c29-21(17-5-3-10-28(15-17)23-24-8-4-9-25-23)26-11-13-27(14-12-26)22(30)20-16-31-18-6-1-2-7-19(18)32-20/h1-2,4,6-9,17,20H,3,5,10-16H2. The molecule has 1 aromatic heterocycles. The molecular weight excluding hydrogens is 410 g/mol. The van der Waals surface area contributed by atoms with Crippen molar-refractivity contribution in [1.29, 1.82) is 0 Å². The summed E-state index contributed by atoms with van der Waals surface area (Å²) >= 11 is 0. The van der Waals surface area contributed by atoms with Crippen LogP contribution >= 0.6 is 0 Å². The first kappa shape index (κ1) is 20.5. The van der Waals surface area contributed by atoms with Crippen LogP contribution in [0.2, 0.25) is 0 Å². The monoisotopic (exact) mass is 437 g/mol. The lowest BCUT2D eigenvalue weighted by molar-refractivity contribution is -0.147. The molecule has 2 amide bonds. The molecule has 0 bridgehead atoms. The summed E-state index contributed by atoms with van der Waals surface area (Å²) in [6.45, 7) is 3.78. The third-order valence-corrected chi connectivity index (χ3v) is 6.29. The Morgan fingerprint density at radius 1 is 0.875 bits per heavy atom. The summed E-state index contributed by atoms with van der Waals surface area (Å²) in [5.41, 5.74) is 0. The van der Waals surface area contributed by atoms with Crippen molar-refractivity contribution in [2.75, 3.05) is 50.8 Å². The highest BCUT2D eigenvalue weighted by atomic mass is 16.6. The Balaban J connectivity index is 1.14. The first-order chi connectivity index (χ1) is 15.7. The van der Waals surface area contributed by atoms with E-state index in [9.17, 15) is 9.59 Å². The zero-order chi connectivity index (χ0) is 21.9. The Labute approximate surface area is 186 Å². The zero-order valence-corrected chi connectivity index (χ0v) is 17.9. The second kappa shape index (κ2) is 9.02. The van der Waals surface area contributed by atoms with Gasteiger partial charge in [-0.25, -0.2) is 9.97 Å². The highest BCUT2D eigenvalue weighted by Crippen LogP contribution is 2.31. The molecule has 0 N–H and O–H groups in total. The van der Waals surface area contributed by atoms with Crippen molar-refractivity contribution in [1.82, 2.24) is 19.8 Å². The molecule has 5 rings (SSSR count). The maximum Gasteiger partial charge on any atom is 0.267 e. The number of ether oxygens (including phenoxy) is 2. The number of anilines is 1. The van der Waals surface area contributed by atoms with Crippen molar-refractivity contribution in [3.63, 3.8) is 0 Å². The number of aromatic nitrogens is 2. The number of hydrogen-bond donors (Lipinski definition) is 0. The van der Waals surface area contributed by atoms with Crippen LogP contribution < -0.4 is 14.4 Å². The molecule has 0 spiro atoms. The molecule has 2 fully saturated rings. The number of rotatable bonds is 3. The largest absolute Gasteiger partial charge is 0.485 e. The Hall–Kier alpha value is -3.36. The first-order valence-corrected chi connectivity index (χ1v) is 11.2. The van der Waals surface area contributed by atoms with Crippen molar-refractivity contribution in [3.8, 4) is 11.5 Å². The van der Waals surface area contributed by atoms with Gasteiger partial charge in [0.1, 0.15) is 6.61 Å². The first-order valence-electron chi connectivity index (χ1n) is 11.2. The van der Waals surface area contributed by atoms with Crippen LogP contribution in [0, 0.1) is 5.92 Å². The molecule has 9 nitrogen and oxygen atoms in total. The number of hydrogen-bond acceptors (Lipinski definition) is 7. The summed E-state index contributed by atoms with van der Waals surface area (Å²) < 4.78 is 11.5. The summed E-state index contributed by atoms with van der Waals surface area (Å²) in [5, 5.41) is 0. The molecule has 3 aliphatic rings. The molecule has 3 aliphatic heterocycles. The van der Waals surface area contributed by atoms with Gasteiger partial charge in [0.05, 0.1) is 5.92 Å². The van der Waals surface area contributed by atoms with Gasteiger partial charge in [-0.05, 0) is 31.0 Å². The van der Waals surface area contributed by atoms with E-state index < -0.39 is 6.10 Å². The van der Waals surface area contributed by atoms with Crippen LogP contribution in [0.25, 0.3) is 0 Å². The van der Waals surface area contributed by atoms with Crippen molar-refractivity contribution in [2.45, 2.75) is 18.9 Å². The molecule has 0 saturated carbocycles. The van der Waals surface area contributed by atoms with Crippen LogP contribution in [-0.4, -0.2) is 83.6 Å². The molecule has 9 heteroatoms. The fourth-order valence-corrected chi connectivity index (χ4v) is 4.57. The Bertz CT molecular complexity index is 964. The number of para-hydroxylation sites is 2. The van der Waals surface area contributed by atoms with E-state index in [1.54, 1.807) is 29.4 Å². The van der Waals surface area contributed by atoms with E-state index in [-0.39, 0.29) is 24.3 Å². The number of carbonyl (C=O) groups excluding carboxylic acids is 2. The predicted octanol–water partition coefficient (Wildman–Crippen LogP) is 1.20. The summed E-state index contributed by atoms with van der Waals surface area (Å²) in [4.78, 5) is 40.5. The van der Waals surface area contributed by atoms with Gasteiger partial charge in [-0.15, -0.1) is 0 Å². The van der Waals surface area contributed by atoms with E-state index in [1.807, 2.05) is 23.1 Å². The van der Waals surface area contributed by atoms with E-state index in [4.69, 9.17) is 9.47 Å². The third-order valence-electron chi connectivity index (χ3n) is 6.29. The van der Waals surface area contributed by atoms with E-state index in [2.05, 4.69) is 14.9 Å². The molecule has 0 radical (unpaired) electrons. The number of fused-ring (bicyclic) bond motifs is 1. The summed E-state index contributed by atoms with van der Waals surface area (Å²) in [7, 11) is 0. The molecule has 2 saturated heterocycles. The van der Waals surface area contributed by atoms with Crippen molar-refractivity contribution >= 4 is 17.8 Å². The van der Waals surface area contributed by atoms with Crippen LogP contribution in [-0.2, 0) is 9.59 Å². The molecule has 4 heterocycles. The van der Waals surface area contributed by atoms with Crippen LogP contribution in [0.4, 0.5) is 5.95 Å². The van der Waals surface area contributed by atoms with Gasteiger partial charge in [-0.3, -0.25) is 9.59 Å². The van der Waals surface area contributed by atoms with Crippen LogP contribution in [0.1, 0.15) is 12.8 Å². The number of benzene rings is 1. The van der Waals surface area contributed by atoms with Crippen LogP contribution in [0.3, 0.4) is 0 Å². The number of piperidine rings is 1. The fraction of sp³-hybridized carbons (Fsp3) is 0.478. The van der Waals surface area contributed by atoms with E-state index in [1.165, 1.54) is 0 Å². The maximum absolute atomic E-state index is 13.2. The highest BCUT2D eigenvalue weighted by Gasteiger charge is 2.35. The van der Waals surface area contributed by atoms with Gasteiger partial charge in [-0.2, -0.15) is 0 Å². The quantitative estimate of drug-likeness (QED) is 0.713. The molecule has 2 atom stereocenters. The lowest BCUT2D eigenvalue weighted by Crippen LogP contribution is -2.56. The van der Waals surface area contributed by atoms with Gasteiger partial charge in [0.15, 0.2) is 11.5 Å². The summed E-state index contributed by atoms with van der Waals surface area (Å²) in [5.74, 6) is 1.93. The number of nitrogens with zero attached hydrogens (tertiary/aromatic N) is 5. The number of carbonyl (C=O) groups is 2. The topological polar surface area (TPSA) is 88.1 Å². The maximum atomic E-state index is 13.2. The molecule has 2 unspecified atom stereocenters. The molecular formula is C23H27N5O4. The summed E-state index contributed by atoms with van der Waals surface area (Å²) in [6, 6.07) is 9.16. The zero-order valence-electron chi connectivity index (χ0n) is 17.9. The van der Waals surface area contributed by atoms with Gasteiger partial charge in [0.25, 0.3) is 5.91 Å². The summed E-state index contributed by atoms with van der Waals surface area (Å²) in [6.07, 6.45) is 4.61. The smallest absolute Gasteiger partial charge is 0.267 e. The van der Waals surface area contributed by atoms with Crippen LogP contribution in [0.15, 0.2) is 42.7 Å². The molecule has 1 aromatic carbocycles. The van der Waals surface area contributed by atoms with Gasteiger partial charge in [0.2, 0.25) is 18.0 Å². The Morgan fingerprint density at radius 3 is 2.31 bits per heavy atom. The van der Waals surface area contributed by atoms with E-state index in [0.717, 1.165) is 19.4 Å². The SMILES string of the molecule is O=C(C1CCCN(c2ncccn2)C1)N1CCN(C(=O)C2COc3ccccc3O2)CC1. The minimum atomic E-state index is -0.648. The molecule has 32 heavy (non-hydrogen) atoms. The lowest BCUT2D eigenvalue weighted by atomic mass is 9.96. The van der Waals surface area contributed by atoms with Gasteiger partial charge < -0.3 is 24.2 Å². The Morgan fingerprint density at radius 2 is 1.56 bits per heavy atom. The predicted molar refractivity (Wildman–Crippen MR) is 116 cm³/mol. The fourth-order valence-electron chi connectivity index (χ4n) is 4.57. The minimum absolute atomic E-state index is 0.0682. The average molecular weight is 438 g/mol. The van der Waals surface area contributed by atoms with Crippen molar-refractivity contribution in [3.05, 3.63) is 42.7 Å². The number of piperazine rings is 1. The average Bonchev–Trinajstić information content (AvgIpc) is 2.88. The van der Waals surface area contributed by atoms with Crippen molar-refractivity contribution in [2.24, 2.45) is 5.92 Å². The highest BCUT2D eigenvalue weighted by molar-refractivity contribution is 5.83. The lowest BCUT2D eigenvalue weighted by Gasteiger charge is -2.40. The molecule has 0 aliphatic carbocycles. The Kier molecular flexibility index (Phi) is 5.79. The van der Waals surface area contributed by atoms with E-state index in [0.29, 0.717) is 50.2 Å². The van der Waals surface area contributed by atoms with Crippen molar-refractivity contribution < 1.29 is 19.1 Å². The van der Waals surface area contributed by atoms with Gasteiger partial charge in [-0.1, -0.05) is 12.1 Å². The van der Waals surface area contributed by atoms with Gasteiger partial charge in [0, 0.05) is 51.7 Å². The molecule has 2 aromatic rings. The second-order valence-electron chi connectivity index (χ2n) is 8.35. The second-order valence-corrected chi connectivity index (χ2v) is 8.35. The van der Waals surface area contributed by atoms with E-state index >= 15 is 0 Å².